The highest BCUT2D eigenvalue weighted by molar-refractivity contribution is 7.10. The van der Waals surface area contributed by atoms with E-state index in [0.717, 1.165) is 16.1 Å². The summed E-state index contributed by atoms with van der Waals surface area (Å²) in [4.78, 5) is 12.7. The Balaban J connectivity index is 1.84. The number of benzene rings is 1. The summed E-state index contributed by atoms with van der Waals surface area (Å²) in [6.45, 7) is 0.523. The first-order valence-electron chi connectivity index (χ1n) is 5.37. The number of hydrogen-bond donors (Lipinski definition) is 2. The van der Waals surface area contributed by atoms with Crippen LogP contribution in [0.15, 0.2) is 41.8 Å². The molecule has 1 aromatic carbocycles. The van der Waals surface area contributed by atoms with Gasteiger partial charge in [0.05, 0.1) is 6.42 Å². The largest absolute Gasteiger partial charge is 0.399 e. The minimum Gasteiger partial charge on any atom is -0.399 e. The average molecular weight is 246 g/mol. The van der Waals surface area contributed by atoms with E-state index >= 15 is 0 Å². The lowest BCUT2D eigenvalue weighted by molar-refractivity contribution is -0.120. The van der Waals surface area contributed by atoms with Crippen molar-refractivity contribution < 1.29 is 4.79 Å². The van der Waals surface area contributed by atoms with Crippen LogP contribution in [0.2, 0.25) is 0 Å². The molecule has 3 N–H and O–H groups in total. The third-order valence-corrected chi connectivity index (χ3v) is 3.23. The van der Waals surface area contributed by atoms with Crippen molar-refractivity contribution in [3.8, 4) is 0 Å². The molecule has 0 saturated carbocycles. The maximum absolute atomic E-state index is 11.6. The molecule has 0 aliphatic heterocycles. The van der Waals surface area contributed by atoms with E-state index in [1.165, 1.54) is 0 Å². The van der Waals surface area contributed by atoms with Gasteiger partial charge in [-0.3, -0.25) is 4.79 Å². The monoisotopic (exact) mass is 246 g/mol. The van der Waals surface area contributed by atoms with Gasteiger partial charge in [0.2, 0.25) is 5.91 Å². The molecule has 4 heteroatoms. The van der Waals surface area contributed by atoms with Crippen molar-refractivity contribution in [1.82, 2.24) is 5.32 Å². The molecule has 0 spiro atoms. The molecule has 0 aliphatic carbocycles. The summed E-state index contributed by atoms with van der Waals surface area (Å²) < 4.78 is 0. The summed E-state index contributed by atoms with van der Waals surface area (Å²) in [6, 6.07) is 11.4. The van der Waals surface area contributed by atoms with Crippen LogP contribution in [-0.2, 0) is 17.8 Å². The van der Waals surface area contributed by atoms with Crippen molar-refractivity contribution in [3.63, 3.8) is 0 Å². The lowest BCUT2D eigenvalue weighted by Gasteiger charge is -2.05. The number of carbonyl (C=O) groups excluding carboxylic acids is 1. The quantitative estimate of drug-likeness (QED) is 0.812. The molecule has 0 bridgehead atoms. The minimum absolute atomic E-state index is 0.0369. The number of anilines is 1. The van der Waals surface area contributed by atoms with E-state index in [-0.39, 0.29) is 5.91 Å². The number of nitrogen functional groups attached to an aromatic ring is 1. The molecule has 0 aliphatic rings. The van der Waals surface area contributed by atoms with Gasteiger partial charge in [0.25, 0.3) is 0 Å². The van der Waals surface area contributed by atoms with Crippen molar-refractivity contribution in [2.24, 2.45) is 0 Å². The second-order valence-electron chi connectivity index (χ2n) is 3.78. The molecular weight excluding hydrogens is 232 g/mol. The van der Waals surface area contributed by atoms with Gasteiger partial charge in [-0.25, -0.2) is 0 Å². The fourth-order valence-electron chi connectivity index (χ4n) is 1.54. The van der Waals surface area contributed by atoms with Crippen LogP contribution in [-0.4, -0.2) is 5.91 Å². The van der Waals surface area contributed by atoms with E-state index in [4.69, 9.17) is 5.73 Å². The van der Waals surface area contributed by atoms with E-state index in [9.17, 15) is 4.79 Å². The van der Waals surface area contributed by atoms with Gasteiger partial charge in [-0.05, 0) is 29.1 Å². The number of rotatable bonds is 4. The summed E-state index contributed by atoms with van der Waals surface area (Å²) in [5.74, 6) is 0.0369. The predicted octanol–water partition coefficient (Wildman–Crippen LogP) is 2.19. The van der Waals surface area contributed by atoms with Gasteiger partial charge in [0.15, 0.2) is 0 Å². The average Bonchev–Trinajstić information content (AvgIpc) is 2.79. The van der Waals surface area contributed by atoms with Crippen molar-refractivity contribution >= 4 is 22.9 Å². The lowest BCUT2D eigenvalue weighted by atomic mass is 10.2. The van der Waals surface area contributed by atoms with Crippen molar-refractivity contribution in [1.29, 1.82) is 0 Å². The molecule has 0 radical (unpaired) electrons. The minimum atomic E-state index is 0.0369. The van der Waals surface area contributed by atoms with Gasteiger partial charge in [-0.15, -0.1) is 11.3 Å². The van der Waals surface area contributed by atoms with Crippen LogP contribution < -0.4 is 11.1 Å². The normalized spacial score (nSPS) is 10.1. The fourth-order valence-corrected chi connectivity index (χ4v) is 2.24. The standard InChI is InChI=1S/C13H14N2OS/c14-11-4-1-3-10(7-11)9-15-13(16)8-12-5-2-6-17-12/h1-7H,8-9,14H2,(H,15,16). The van der Waals surface area contributed by atoms with E-state index in [2.05, 4.69) is 5.32 Å². The zero-order chi connectivity index (χ0) is 12.1. The molecule has 88 valence electrons. The topological polar surface area (TPSA) is 55.1 Å². The molecule has 2 aromatic rings. The summed E-state index contributed by atoms with van der Waals surface area (Å²) in [7, 11) is 0. The van der Waals surface area contributed by atoms with Crippen LogP contribution in [0.25, 0.3) is 0 Å². The van der Waals surface area contributed by atoms with Crippen molar-refractivity contribution in [2.75, 3.05) is 5.73 Å². The van der Waals surface area contributed by atoms with Crippen molar-refractivity contribution in [2.45, 2.75) is 13.0 Å². The second-order valence-corrected chi connectivity index (χ2v) is 4.81. The number of nitrogens with two attached hydrogens (primary N) is 1. The number of carbonyl (C=O) groups is 1. The van der Waals surface area contributed by atoms with Gasteiger partial charge < -0.3 is 11.1 Å². The molecular formula is C13H14N2OS. The number of nitrogens with one attached hydrogen (secondary N) is 1. The highest BCUT2D eigenvalue weighted by atomic mass is 32.1. The Bertz CT molecular complexity index is 494. The molecule has 0 unspecified atom stereocenters. The molecule has 0 atom stereocenters. The Morgan fingerprint density at radius 1 is 1.29 bits per heavy atom. The highest BCUT2D eigenvalue weighted by Gasteiger charge is 2.03. The molecule has 1 heterocycles. The molecule has 0 saturated heterocycles. The van der Waals surface area contributed by atoms with Crippen LogP contribution in [0.5, 0.6) is 0 Å². The summed E-state index contributed by atoms with van der Waals surface area (Å²) in [5.41, 5.74) is 7.40. The number of amides is 1. The first-order chi connectivity index (χ1) is 8.24. The van der Waals surface area contributed by atoms with Crippen LogP contribution in [0.3, 0.4) is 0 Å². The fraction of sp³-hybridized carbons (Fsp3) is 0.154. The maximum atomic E-state index is 11.6. The third-order valence-electron chi connectivity index (χ3n) is 2.36. The molecule has 1 aromatic heterocycles. The lowest BCUT2D eigenvalue weighted by Crippen LogP contribution is -2.24. The van der Waals surface area contributed by atoms with E-state index in [1.54, 1.807) is 11.3 Å². The molecule has 0 fully saturated rings. The van der Waals surface area contributed by atoms with E-state index in [0.29, 0.717) is 13.0 Å². The SMILES string of the molecule is Nc1cccc(CNC(=O)Cc2cccs2)c1. The summed E-state index contributed by atoms with van der Waals surface area (Å²) >= 11 is 1.59. The Morgan fingerprint density at radius 3 is 2.88 bits per heavy atom. The van der Waals surface area contributed by atoms with Crippen LogP contribution in [0, 0.1) is 0 Å². The number of thiophene rings is 1. The van der Waals surface area contributed by atoms with Gasteiger partial charge >= 0.3 is 0 Å². The third kappa shape index (κ3) is 3.60. The summed E-state index contributed by atoms with van der Waals surface area (Å²) in [6.07, 6.45) is 0.444. The van der Waals surface area contributed by atoms with Gasteiger partial charge in [-0.2, -0.15) is 0 Å². The van der Waals surface area contributed by atoms with Gasteiger partial charge in [0, 0.05) is 17.1 Å². The molecule has 3 nitrogen and oxygen atoms in total. The first kappa shape index (κ1) is 11.7. The van der Waals surface area contributed by atoms with Crippen molar-refractivity contribution in [3.05, 3.63) is 52.2 Å². The van der Waals surface area contributed by atoms with Gasteiger partial charge in [-0.1, -0.05) is 18.2 Å². The smallest absolute Gasteiger partial charge is 0.225 e. The predicted molar refractivity (Wildman–Crippen MR) is 70.7 cm³/mol. The first-order valence-corrected chi connectivity index (χ1v) is 6.25. The Labute approximate surface area is 104 Å². The Morgan fingerprint density at radius 2 is 2.18 bits per heavy atom. The molecule has 2 rings (SSSR count). The second kappa shape index (κ2) is 5.50. The zero-order valence-corrected chi connectivity index (χ0v) is 10.2. The highest BCUT2D eigenvalue weighted by Crippen LogP contribution is 2.09. The zero-order valence-electron chi connectivity index (χ0n) is 9.35. The van der Waals surface area contributed by atoms with Crippen LogP contribution >= 0.6 is 11.3 Å². The van der Waals surface area contributed by atoms with E-state index in [1.807, 2.05) is 41.8 Å². The summed E-state index contributed by atoms with van der Waals surface area (Å²) in [5, 5.41) is 4.85. The Hall–Kier alpha value is -1.81. The van der Waals surface area contributed by atoms with Gasteiger partial charge in [0.1, 0.15) is 0 Å². The number of hydrogen-bond acceptors (Lipinski definition) is 3. The van der Waals surface area contributed by atoms with E-state index < -0.39 is 0 Å². The van der Waals surface area contributed by atoms with Crippen LogP contribution in [0.1, 0.15) is 10.4 Å². The van der Waals surface area contributed by atoms with Crippen LogP contribution in [0.4, 0.5) is 5.69 Å². The Kier molecular flexibility index (Phi) is 3.77. The maximum Gasteiger partial charge on any atom is 0.225 e. The molecule has 1 amide bonds. The molecule has 17 heavy (non-hydrogen) atoms.